The fraction of sp³-hybridized carbons (Fsp3) is 0.769. The van der Waals surface area contributed by atoms with Crippen molar-refractivity contribution in [1.82, 2.24) is 9.80 Å². The smallest absolute Gasteiger partial charge is 0.251 e. The van der Waals surface area contributed by atoms with Crippen molar-refractivity contribution < 1.29 is 9.53 Å². The van der Waals surface area contributed by atoms with E-state index in [-0.39, 0.29) is 5.91 Å². The molecule has 0 aliphatic carbocycles. The highest BCUT2D eigenvalue weighted by Crippen LogP contribution is 2.07. The number of ether oxygens (including phenoxy) is 1. The van der Waals surface area contributed by atoms with Crippen LogP contribution in [0.4, 0.5) is 0 Å². The third kappa shape index (κ3) is 5.11. The summed E-state index contributed by atoms with van der Waals surface area (Å²) in [6.45, 7) is 13.7. The first-order valence-electron chi connectivity index (χ1n) is 6.52. The van der Waals surface area contributed by atoms with Gasteiger partial charge < -0.3 is 14.5 Å². The molecule has 100 valence electrons. The van der Waals surface area contributed by atoms with E-state index in [4.69, 9.17) is 4.74 Å². The van der Waals surface area contributed by atoms with Gasteiger partial charge in [-0.3, -0.25) is 4.79 Å². The monoisotopic (exact) mass is 242 g/mol. The minimum absolute atomic E-state index is 0.0188. The molecule has 0 N–H and O–H groups in total. The van der Waals surface area contributed by atoms with Gasteiger partial charge in [0.1, 0.15) is 0 Å². The van der Waals surface area contributed by atoms with E-state index >= 15 is 0 Å². The van der Waals surface area contributed by atoms with Crippen LogP contribution in [0.2, 0.25) is 0 Å². The molecule has 0 spiro atoms. The second-order valence-electron chi connectivity index (χ2n) is 3.60. The largest absolute Gasteiger partial charge is 0.479 e. The van der Waals surface area contributed by atoms with Gasteiger partial charge in [0.2, 0.25) is 0 Å². The minimum Gasteiger partial charge on any atom is -0.479 e. The molecule has 0 fully saturated rings. The number of carbonyl (C=O) groups is 1. The first-order valence-corrected chi connectivity index (χ1v) is 6.52. The molecule has 4 nitrogen and oxygen atoms in total. The van der Waals surface area contributed by atoms with Crippen LogP contribution >= 0.6 is 0 Å². The van der Waals surface area contributed by atoms with E-state index in [2.05, 4.69) is 13.8 Å². The molecule has 0 aromatic heterocycles. The molecular formula is C13H26N2O2. The van der Waals surface area contributed by atoms with Crippen molar-refractivity contribution in [3.63, 3.8) is 0 Å². The summed E-state index contributed by atoms with van der Waals surface area (Å²) in [5.41, 5.74) is 0. The predicted molar refractivity (Wildman–Crippen MR) is 70.6 cm³/mol. The Bertz CT molecular complexity index is 244. The lowest BCUT2D eigenvalue weighted by atomic mass is 10.4. The average molecular weight is 242 g/mol. The molecule has 0 atom stereocenters. The van der Waals surface area contributed by atoms with E-state index in [0.29, 0.717) is 12.5 Å². The fourth-order valence-corrected chi connectivity index (χ4v) is 1.64. The third-order valence-electron chi connectivity index (χ3n) is 2.69. The molecule has 0 saturated carbocycles. The van der Waals surface area contributed by atoms with Crippen LogP contribution < -0.4 is 0 Å². The molecule has 0 aromatic carbocycles. The second-order valence-corrected chi connectivity index (χ2v) is 3.60. The first-order chi connectivity index (χ1) is 8.14. The maximum absolute atomic E-state index is 12.0. The van der Waals surface area contributed by atoms with E-state index in [0.717, 1.165) is 26.2 Å². The summed E-state index contributed by atoms with van der Waals surface area (Å²) in [4.78, 5) is 15.8. The van der Waals surface area contributed by atoms with Crippen molar-refractivity contribution in [3.05, 3.63) is 12.0 Å². The van der Waals surface area contributed by atoms with E-state index in [1.807, 2.05) is 25.7 Å². The average Bonchev–Trinajstić information content (AvgIpc) is 2.32. The van der Waals surface area contributed by atoms with Crippen LogP contribution in [0.5, 0.6) is 0 Å². The van der Waals surface area contributed by atoms with Crippen molar-refractivity contribution in [2.75, 3.05) is 32.8 Å². The number of likely N-dealkylation sites (N-methyl/N-ethyl adjacent to an activating group) is 1. The fourth-order valence-electron chi connectivity index (χ4n) is 1.64. The Hall–Kier alpha value is -1.19. The summed E-state index contributed by atoms with van der Waals surface area (Å²) in [6.07, 6.45) is 1.60. The van der Waals surface area contributed by atoms with E-state index in [1.54, 1.807) is 11.0 Å². The molecular weight excluding hydrogens is 216 g/mol. The van der Waals surface area contributed by atoms with Gasteiger partial charge in [0.25, 0.3) is 5.91 Å². The number of hydrogen-bond acceptors (Lipinski definition) is 3. The van der Waals surface area contributed by atoms with Crippen molar-refractivity contribution in [3.8, 4) is 0 Å². The Morgan fingerprint density at radius 2 is 1.41 bits per heavy atom. The Labute approximate surface area is 105 Å². The molecule has 0 rings (SSSR count). The van der Waals surface area contributed by atoms with E-state index in [1.165, 1.54) is 0 Å². The van der Waals surface area contributed by atoms with Crippen molar-refractivity contribution in [2.24, 2.45) is 0 Å². The van der Waals surface area contributed by atoms with Gasteiger partial charge in [0.15, 0.2) is 5.88 Å². The summed E-state index contributed by atoms with van der Waals surface area (Å²) in [5.74, 6) is 0.694. The Balaban J connectivity index is 4.83. The molecule has 0 radical (unpaired) electrons. The standard InChI is InChI=1S/C13H26N2O2/c1-6-14(7-2)12(16)11-13(17-10-5)15(8-3)9-4/h11H,6-10H2,1-5H3/b13-11-. The lowest BCUT2D eigenvalue weighted by Gasteiger charge is -2.25. The number of nitrogens with zero attached hydrogens (tertiary/aromatic N) is 2. The van der Waals surface area contributed by atoms with Gasteiger partial charge >= 0.3 is 0 Å². The number of amides is 1. The highest BCUT2D eigenvalue weighted by atomic mass is 16.5. The van der Waals surface area contributed by atoms with Crippen LogP contribution in [-0.4, -0.2) is 48.5 Å². The Morgan fingerprint density at radius 1 is 0.941 bits per heavy atom. The first kappa shape index (κ1) is 15.8. The number of hydrogen-bond donors (Lipinski definition) is 0. The van der Waals surface area contributed by atoms with Gasteiger partial charge in [-0.25, -0.2) is 0 Å². The highest BCUT2D eigenvalue weighted by Gasteiger charge is 2.12. The zero-order valence-corrected chi connectivity index (χ0v) is 11.8. The lowest BCUT2D eigenvalue weighted by Crippen LogP contribution is -2.31. The van der Waals surface area contributed by atoms with Crippen LogP contribution in [-0.2, 0) is 9.53 Å². The zero-order valence-electron chi connectivity index (χ0n) is 11.8. The number of rotatable bonds is 8. The SMILES string of the molecule is CCO/C(=C\C(=O)N(CC)CC)N(CC)CC. The van der Waals surface area contributed by atoms with Gasteiger partial charge in [-0.2, -0.15) is 0 Å². The molecule has 1 amide bonds. The lowest BCUT2D eigenvalue weighted by molar-refractivity contribution is -0.126. The van der Waals surface area contributed by atoms with Crippen molar-refractivity contribution in [1.29, 1.82) is 0 Å². The topological polar surface area (TPSA) is 32.8 Å². The zero-order chi connectivity index (χ0) is 13.3. The van der Waals surface area contributed by atoms with Gasteiger partial charge in [-0.05, 0) is 34.6 Å². The normalized spacial score (nSPS) is 11.2. The van der Waals surface area contributed by atoms with Crippen LogP contribution in [0, 0.1) is 0 Å². The van der Waals surface area contributed by atoms with Crippen molar-refractivity contribution >= 4 is 5.91 Å². The minimum atomic E-state index is 0.0188. The van der Waals surface area contributed by atoms with Crippen LogP contribution in [0.15, 0.2) is 12.0 Å². The summed E-state index contributed by atoms with van der Waals surface area (Å²) < 4.78 is 5.54. The summed E-state index contributed by atoms with van der Waals surface area (Å²) in [5, 5.41) is 0. The molecule has 0 bridgehead atoms. The number of carbonyl (C=O) groups excluding carboxylic acids is 1. The quantitative estimate of drug-likeness (QED) is 0.482. The third-order valence-corrected chi connectivity index (χ3v) is 2.69. The van der Waals surface area contributed by atoms with E-state index < -0.39 is 0 Å². The maximum atomic E-state index is 12.0. The second kappa shape index (κ2) is 8.90. The molecule has 17 heavy (non-hydrogen) atoms. The van der Waals surface area contributed by atoms with Gasteiger partial charge in [-0.15, -0.1) is 0 Å². The maximum Gasteiger partial charge on any atom is 0.251 e. The molecule has 0 aliphatic heterocycles. The predicted octanol–water partition coefficient (Wildman–Crippen LogP) is 2.07. The molecule has 0 heterocycles. The van der Waals surface area contributed by atoms with Crippen LogP contribution in [0.3, 0.4) is 0 Å². The highest BCUT2D eigenvalue weighted by molar-refractivity contribution is 5.87. The summed E-state index contributed by atoms with van der Waals surface area (Å²) in [7, 11) is 0. The Morgan fingerprint density at radius 3 is 1.76 bits per heavy atom. The van der Waals surface area contributed by atoms with E-state index in [9.17, 15) is 4.79 Å². The van der Waals surface area contributed by atoms with Gasteiger partial charge in [-0.1, -0.05) is 0 Å². The molecule has 0 saturated heterocycles. The van der Waals surface area contributed by atoms with Crippen LogP contribution in [0.25, 0.3) is 0 Å². The Kier molecular flexibility index (Phi) is 8.28. The molecule has 4 heteroatoms. The van der Waals surface area contributed by atoms with Crippen molar-refractivity contribution in [2.45, 2.75) is 34.6 Å². The van der Waals surface area contributed by atoms with Gasteiger partial charge in [0, 0.05) is 26.2 Å². The summed E-state index contributed by atoms with van der Waals surface area (Å²) >= 11 is 0. The summed E-state index contributed by atoms with van der Waals surface area (Å²) in [6, 6.07) is 0. The molecule has 0 unspecified atom stereocenters. The van der Waals surface area contributed by atoms with Gasteiger partial charge in [0.05, 0.1) is 12.7 Å². The molecule has 0 aliphatic rings. The molecule has 0 aromatic rings. The van der Waals surface area contributed by atoms with Crippen LogP contribution in [0.1, 0.15) is 34.6 Å².